The van der Waals surface area contributed by atoms with Gasteiger partial charge in [0, 0.05) is 18.4 Å². The molecule has 0 radical (unpaired) electrons. The van der Waals surface area contributed by atoms with Crippen molar-refractivity contribution in [2.75, 3.05) is 11.6 Å². The van der Waals surface area contributed by atoms with E-state index in [1.807, 2.05) is 25.1 Å². The van der Waals surface area contributed by atoms with Gasteiger partial charge in [-0.05, 0) is 24.6 Å². The second kappa shape index (κ2) is 5.50. The Morgan fingerprint density at radius 3 is 2.60 bits per heavy atom. The molecule has 0 amide bonds. The molecule has 0 saturated carbocycles. The van der Waals surface area contributed by atoms with Crippen molar-refractivity contribution in [1.82, 2.24) is 4.98 Å². The third-order valence-electron chi connectivity index (χ3n) is 2.92. The van der Waals surface area contributed by atoms with E-state index in [9.17, 15) is 13.5 Å². The molecule has 0 saturated heterocycles. The Hall–Kier alpha value is -2.08. The summed E-state index contributed by atoms with van der Waals surface area (Å²) in [6.07, 6.45) is 2.58. The molecule has 2 rings (SSSR count). The van der Waals surface area contributed by atoms with Gasteiger partial charge in [-0.2, -0.15) is 0 Å². The molecular formula is C14H16N2O3S. The number of anilines is 1. The summed E-state index contributed by atoms with van der Waals surface area (Å²) in [7, 11) is -3.28. The Balaban J connectivity index is 2.10. The van der Waals surface area contributed by atoms with Crippen LogP contribution in [0.5, 0.6) is 5.75 Å². The van der Waals surface area contributed by atoms with Gasteiger partial charge in [-0.3, -0.25) is 0 Å². The highest BCUT2D eigenvalue weighted by molar-refractivity contribution is 7.90. The van der Waals surface area contributed by atoms with E-state index < -0.39 is 9.84 Å². The monoisotopic (exact) mass is 292 g/mol. The van der Waals surface area contributed by atoms with Crippen LogP contribution in [0.1, 0.15) is 11.1 Å². The molecule has 2 N–H and O–H groups in total. The van der Waals surface area contributed by atoms with Crippen molar-refractivity contribution in [1.29, 1.82) is 0 Å². The summed E-state index contributed by atoms with van der Waals surface area (Å²) < 4.78 is 22.6. The largest absolute Gasteiger partial charge is 0.507 e. The second-order valence-electron chi connectivity index (χ2n) is 4.59. The first kappa shape index (κ1) is 14.3. The number of sulfone groups is 1. The van der Waals surface area contributed by atoms with E-state index in [0.29, 0.717) is 12.2 Å². The predicted molar refractivity (Wildman–Crippen MR) is 77.5 cm³/mol. The third-order valence-corrected chi connectivity index (χ3v) is 3.92. The van der Waals surface area contributed by atoms with E-state index in [-0.39, 0.29) is 10.8 Å². The minimum atomic E-state index is -3.28. The Kier molecular flexibility index (Phi) is 3.94. The Morgan fingerprint density at radius 2 is 2.00 bits per heavy atom. The lowest BCUT2D eigenvalue weighted by Crippen LogP contribution is -2.03. The second-order valence-corrected chi connectivity index (χ2v) is 6.56. The van der Waals surface area contributed by atoms with Crippen molar-refractivity contribution in [2.24, 2.45) is 0 Å². The van der Waals surface area contributed by atoms with Gasteiger partial charge in [0.15, 0.2) is 14.9 Å². The number of nitrogens with zero attached hydrogens (tertiary/aromatic N) is 1. The van der Waals surface area contributed by atoms with Gasteiger partial charge in [0.1, 0.15) is 5.75 Å². The molecule has 0 atom stereocenters. The van der Waals surface area contributed by atoms with Gasteiger partial charge in [-0.15, -0.1) is 0 Å². The number of hydrogen-bond acceptors (Lipinski definition) is 5. The molecule has 1 aromatic heterocycles. The molecule has 0 aliphatic heterocycles. The van der Waals surface area contributed by atoms with E-state index in [1.54, 1.807) is 6.07 Å². The summed E-state index contributed by atoms with van der Waals surface area (Å²) in [4.78, 5) is 3.89. The molecule has 106 valence electrons. The van der Waals surface area contributed by atoms with Crippen LogP contribution >= 0.6 is 0 Å². The van der Waals surface area contributed by atoms with Crippen LogP contribution in [-0.4, -0.2) is 24.8 Å². The maximum absolute atomic E-state index is 11.3. The number of aromatic nitrogens is 1. The number of nitrogens with one attached hydrogen (secondary N) is 1. The fourth-order valence-corrected chi connectivity index (χ4v) is 2.32. The lowest BCUT2D eigenvalue weighted by molar-refractivity contribution is 0.465. The van der Waals surface area contributed by atoms with E-state index >= 15 is 0 Å². The van der Waals surface area contributed by atoms with Gasteiger partial charge in [-0.25, -0.2) is 13.4 Å². The van der Waals surface area contributed by atoms with Crippen molar-refractivity contribution < 1.29 is 13.5 Å². The van der Waals surface area contributed by atoms with Gasteiger partial charge in [0.2, 0.25) is 0 Å². The zero-order valence-electron chi connectivity index (χ0n) is 11.3. The van der Waals surface area contributed by atoms with Crippen LogP contribution in [0.4, 0.5) is 5.69 Å². The van der Waals surface area contributed by atoms with Crippen molar-refractivity contribution in [3.05, 3.63) is 47.7 Å². The Morgan fingerprint density at radius 1 is 1.25 bits per heavy atom. The van der Waals surface area contributed by atoms with Gasteiger partial charge < -0.3 is 10.4 Å². The van der Waals surface area contributed by atoms with Crippen molar-refractivity contribution in [3.63, 3.8) is 0 Å². The number of benzene rings is 1. The van der Waals surface area contributed by atoms with E-state index in [2.05, 4.69) is 10.3 Å². The quantitative estimate of drug-likeness (QED) is 0.902. The molecule has 0 aliphatic rings. The average molecular weight is 292 g/mol. The fourth-order valence-electron chi connectivity index (χ4n) is 1.76. The molecule has 0 spiro atoms. The minimum absolute atomic E-state index is 0.0430. The van der Waals surface area contributed by atoms with Gasteiger partial charge in [-0.1, -0.05) is 18.2 Å². The van der Waals surface area contributed by atoms with Crippen LogP contribution in [0.2, 0.25) is 0 Å². The number of pyridine rings is 1. The molecule has 5 nitrogen and oxygen atoms in total. The van der Waals surface area contributed by atoms with E-state index in [0.717, 1.165) is 17.4 Å². The minimum Gasteiger partial charge on any atom is -0.507 e. The van der Waals surface area contributed by atoms with E-state index in [4.69, 9.17) is 0 Å². The molecular weight excluding hydrogens is 276 g/mol. The smallest absolute Gasteiger partial charge is 0.192 e. The molecule has 1 heterocycles. The van der Waals surface area contributed by atoms with Crippen LogP contribution in [-0.2, 0) is 16.4 Å². The van der Waals surface area contributed by atoms with Crippen molar-refractivity contribution in [2.45, 2.75) is 18.5 Å². The molecule has 0 fully saturated rings. The molecule has 0 unspecified atom stereocenters. The first-order valence-corrected chi connectivity index (χ1v) is 7.94. The normalized spacial score (nSPS) is 11.3. The van der Waals surface area contributed by atoms with Crippen LogP contribution in [0.15, 0.2) is 41.6 Å². The molecule has 0 aliphatic carbocycles. The lowest BCUT2D eigenvalue weighted by atomic mass is 10.1. The van der Waals surface area contributed by atoms with Crippen LogP contribution in [0.25, 0.3) is 0 Å². The van der Waals surface area contributed by atoms with Gasteiger partial charge in [0.05, 0.1) is 11.9 Å². The topological polar surface area (TPSA) is 79.3 Å². The zero-order chi connectivity index (χ0) is 14.8. The summed E-state index contributed by atoms with van der Waals surface area (Å²) >= 11 is 0. The summed E-state index contributed by atoms with van der Waals surface area (Å²) in [5, 5.41) is 13.0. The Bertz CT molecular complexity index is 710. The fraction of sp³-hybridized carbons (Fsp3) is 0.214. The summed E-state index contributed by atoms with van der Waals surface area (Å²) in [5.74, 6) is 0.265. The zero-order valence-corrected chi connectivity index (χ0v) is 12.1. The SMILES string of the molecule is Cc1cccc(CNc2ccc(S(C)(=O)=O)nc2)c1O. The number of aryl methyl sites for hydroxylation is 1. The van der Waals surface area contributed by atoms with Crippen LogP contribution in [0.3, 0.4) is 0 Å². The number of phenols is 1. The molecule has 6 heteroatoms. The van der Waals surface area contributed by atoms with Crippen molar-refractivity contribution >= 4 is 15.5 Å². The number of aromatic hydroxyl groups is 1. The predicted octanol–water partition coefficient (Wildman–Crippen LogP) is 2.11. The number of para-hydroxylation sites is 1. The maximum Gasteiger partial charge on any atom is 0.192 e. The first-order chi connectivity index (χ1) is 9.38. The molecule has 1 aromatic carbocycles. The van der Waals surface area contributed by atoms with Crippen LogP contribution < -0.4 is 5.32 Å². The van der Waals surface area contributed by atoms with Gasteiger partial charge in [0.25, 0.3) is 0 Å². The van der Waals surface area contributed by atoms with Crippen molar-refractivity contribution in [3.8, 4) is 5.75 Å². The maximum atomic E-state index is 11.3. The highest BCUT2D eigenvalue weighted by Gasteiger charge is 2.08. The van der Waals surface area contributed by atoms with E-state index in [1.165, 1.54) is 12.3 Å². The third kappa shape index (κ3) is 3.27. The standard InChI is InChI=1S/C14H16N2O3S/c1-10-4-3-5-11(14(10)17)8-15-12-6-7-13(16-9-12)20(2,18)19/h3-7,9,15,17H,8H2,1-2H3. The highest BCUT2D eigenvalue weighted by Crippen LogP contribution is 2.22. The summed E-state index contributed by atoms with van der Waals surface area (Å²) in [6, 6.07) is 8.63. The highest BCUT2D eigenvalue weighted by atomic mass is 32.2. The average Bonchev–Trinajstić information content (AvgIpc) is 2.40. The van der Waals surface area contributed by atoms with Gasteiger partial charge >= 0.3 is 0 Å². The lowest BCUT2D eigenvalue weighted by Gasteiger charge is -2.09. The summed E-state index contributed by atoms with van der Waals surface area (Å²) in [5.41, 5.74) is 2.28. The first-order valence-electron chi connectivity index (χ1n) is 6.05. The molecule has 20 heavy (non-hydrogen) atoms. The molecule has 0 bridgehead atoms. The number of rotatable bonds is 4. The Labute approximate surface area is 118 Å². The number of hydrogen-bond donors (Lipinski definition) is 2. The summed E-state index contributed by atoms with van der Waals surface area (Å²) in [6.45, 7) is 2.27. The van der Waals surface area contributed by atoms with Crippen LogP contribution in [0, 0.1) is 6.92 Å². The molecule has 2 aromatic rings. The number of phenolic OH excluding ortho intramolecular Hbond substituents is 1.